The molecule has 1 aliphatic rings. The summed E-state index contributed by atoms with van der Waals surface area (Å²) in [7, 11) is 0. The third-order valence-corrected chi connectivity index (χ3v) is 3.02. The fraction of sp³-hybridized carbons (Fsp3) is 1.00. The summed E-state index contributed by atoms with van der Waals surface area (Å²) in [5, 5.41) is 8.95. The van der Waals surface area contributed by atoms with Crippen molar-refractivity contribution in [3.63, 3.8) is 0 Å². The minimum Gasteiger partial charge on any atom is -0.396 e. The molecule has 0 heterocycles. The Bertz CT molecular complexity index is 123. The topological polar surface area (TPSA) is 20.2 Å². The lowest BCUT2D eigenvalue weighted by Crippen LogP contribution is -2.17. The van der Waals surface area contributed by atoms with Crippen LogP contribution >= 0.6 is 0 Å². The molecular weight excluding hydrogens is 136 g/mol. The van der Waals surface area contributed by atoms with Gasteiger partial charge in [0.2, 0.25) is 0 Å². The molecule has 1 fully saturated rings. The molecule has 0 bridgehead atoms. The van der Waals surface area contributed by atoms with Crippen LogP contribution < -0.4 is 0 Å². The van der Waals surface area contributed by atoms with Gasteiger partial charge in [-0.2, -0.15) is 0 Å². The minimum absolute atomic E-state index is 0.395. The smallest absolute Gasteiger partial charge is 0.0459 e. The molecule has 1 saturated carbocycles. The SMILES string of the molecule is CC(C)(C)[C@@H]1CC[C@H](CO)C1. The van der Waals surface area contributed by atoms with E-state index in [1.165, 1.54) is 19.3 Å². The zero-order valence-corrected chi connectivity index (χ0v) is 7.93. The second-order valence-electron chi connectivity index (χ2n) is 4.92. The van der Waals surface area contributed by atoms with Gasteiger partial charge >= 0.3 is 0 Å². The molecule has 0 spiro atoms. The second-order valence-corrected chi connectivity index (χ2v) is 4.92. The van der Waals surface area contributed by atoms with Crippen LogP contribution in [-0.2, 0) is 0 Å². The van der Waals surface area contributed by atoms with E-state index in [1.54, 1.807) is 0 Å². The summed E-state index contributed by atoms with van der Waals surface area (Å²) < 4.78 is 0. The molecule has 0 amide bonds. The number of aliphatic hydroxyl groups excluding tert-OH is 1. The van der Waals surface area contributed by atoms with Crippen molar-refractivity contribution in [3.8, 4) is 0 Å². The first kappa shape index (κ1) is 9.05. The molecule has 0 aromatic carbocycles. The van der Waals surface area contributed by atoms with Gasteiger partial charge in [0.1, 0.15) is 0 Å². The molecule has 1 heteroatoms. The van der Waals surface area contributed by atoms with Gasteiger partial charge in [0.05, 0.1) is 0 Å². The van der Waals surface area contributed by atoms with E-state index in [0.29, 0.717) is 17.9 Å². The Morgan fingerprint density at radius 2 is 1.91 bits per heavy atom. The Labute approximate surface area is 69.8 Å². The van der Waals surface area contributed by atoms with Gasteiger partial charge in [0.25, 0.3) is 0 Å². The third kappa shape index (κ3) is 2.19. The molecule has 0 saturated heterocycles. The molecule has 0 aromatic heterocycles. The van der Waals surface area contributed by atoms with E-state index in [9.17, 15) is 0 Å². The Balaban J connectivity index is 2.42. The van der Waals surface area contributed by atoms with Crippen molar-refractivity contribution in [2.45, 2.75) is 40.0 Å². The van der Waals surface area contributed by atoms with Crippen molar-refractivity contribution in [1.29, 1.82) is 0 Å². The fourth-order valence-corrected chi connectivity index (χ4v) is 2.03. The number of hydrogen-bond acceptors (Lipinski definition) is 1. The third-order valence-electron chi connectivity index (χ3n) is 3.02. The Hall–Kier alpha value is -0.0400. The van der Waals surface area contributed by atoms with Gasteiger partial charge in [-0.25, -0.2) is 0 Å². The maximum absolute atomic E-state index is 8.95. The van der Waals surface area contributed by atoms with Crippen LogP contribution in [0.15, 0.2) is 0 Å². The second kappa shape index (κ2) is 3.14. The van der Waals surface area contributed by atoms with Crippen LogP contribution in [0.4, 0.5) is 0 Å². The standard InChI is InChI=1S/C10H20O/c1-10(2,3)9-5-4-8(6-9)7-11/h8-9,11H,4-7H2,1-3H3/t8-,9+/m0/s1. The average molecular weight is 156 g/mol. The van der Waals surface area contributed by atoms with Crippen molar-refractivity contribution >= 4 is 0 Å². The van der Waals surface area contributed by atoms with Crippen LogP contribution in [0.3, 0.4) is 0 Å². The van der Waals surface area contributed by atoms with Crippen molar-refractivity contribution in [2.24, 2.45) is 17.3 Å². The largest absolute Gasteiger partial charge is 0.396 e. The van der Waals surface area contributed by atoms with E-state index in [0.717, 1.165) is 5.92 Å². The van der Waals surface area contributed by atoms with Crippen LogP contribution in [-0.4, -0.2) is 11.7 Å². The van der Waals surface area contributed by atoms with Crippen molar-refractivity contribution in [3.05, 3.63) is 0 Å². The van der Waals surface area contributed by atoms with Crippen LogP contribution in [0.2, 0.25) is 0 Å². The first-order chi connectivity index (χ1) is 5.04. The first-order valence-corrected chi connectivity index (χ1v) is 4.65. The molecule has 0 unspecified atom stereocenters. The monoisotopic (exact) mass is 156 g/mol. The Kier molecular flexibility index (Phi) is 2.58. The van der Waals surface area contributed by atoms with E-state index < -0.39 is 0 Å². The highest BCUT2D eigenvalue weighted by Crippen LogP contribution is 2.41. The van der Waals surface area contributed by atoms with Gasteiger partial charge in [-0.3, -0.25) is 0 Å². The molecule has 11 heavy (non-hydrogen) atoms. The van der Waals surface area contributed by atoms with Crippen molar-refractivity contribution in [1.82, 2.24) is 0 Å². The van der Waals surface area contributed by atoms with E-state index in [4.69, 9.17) is 5.11 Å². The summed E-state index contributed by atoms with van der Waals surface area (Å²) in [6.45, 7) is 7.30. The van der Waals surface area contributed by atoms with Gasteiger partial charge in [-0.15, -0.1) is 0 Å². The normalized spacial score (nSPS) is 32.7. The minimum atomic E-state index is 0.395. The van der Waals surface area contributed by atoms with Crippen LogP contribution in [0.25, 0.3) is 0 Å². The lowest BCUT2D eigenvalue weighted by molar-refractivity contribution is 0.201. The Morgan fingerprint density at radius 1 is 1.27 bits per heavy atom. The van der Waals surface area contributed by atoms with E-state index in [2.05, 4.69) is 20.8 Å². The summed E-state index contributed by atoms with van der Waals surface area (Å²) in [6.07, 6.45) is 3.78. The highest BCUT2D eigenvalue weighted by Gasteiger charge is 2.32. The highest BCUT2D eigenvalue weighted by atomic mass is 16.3. The van der Waals surface area contributed by atoms with E-state index in [-0.39, 0.29) is 0 Å². The predicted molar refractivity (Wildman–Crippen MR) is 47.4 cm³/mol. The van der Waals surface area contributed by atoms with Crippen LogP contribution in [0.5, 0.6) is 0 Å². The van der Waals surface area contributed by atoms with Gasteiger partial charge in [-0.05, 0) is 36.5 Å². The molecule has 66 valence electrons. The molecular formula is C10H20O. The first-order valence-electron chi connectivity index (χ1n) is 4.65. The molecule has 1 rings (SSSR count). The summed E-state index contributed by atoms with van der Waals surface area (Å²) >= 11 is 0. The number of hydrogen-bond donors (Lipinski definition) is 1. The molecule has 0 radical (unpaired) electrons. The Morgan fingerprint density at radius 3 is 2.18 bits per heavy atom. The average Bonchev–Trinajstić information content (AvgIpc) is 2.32. The summed E-state index contributed by atoms with van der Waals surface area (Å²) in [4.78, 5) is 0. The van der Waals surface area contributed by atoms with E-state index in [1.807, 2.05) is 0 Å². The van der Waals surface area contributed by atoms with Gasteiger partial charge < -0.3 is 5.11 Å². The molecule has 1 N–H and O–H groups in total. The number of rotatable bonds is 1. The lowest BCUT2D eigenvalue weighted by Gasteiger charge is -2.26. The highest BCUT2D eigenvalue weighted by molar-refractivity contribution is 4.82. The lowest BCUT2D eigenvalue weighted by atomic mass is 9.79. The summed E-state index contributed by atoms with van der Waals surface area (Å²) in [6, 6.07) is 0. The van der Waals surface area contributed by atoms with Crippen LogP contribution in [0.1, 0.15) is 40.0 Å². The zero-order valence-electron chi connectivity index (χ0n) is 7.93. The maximum Gasteiger partial charge on any atom is 0.0459 e. The molecule has 2 atom stereocenters. The molecule has 0 aromatic rings. The fourth-order valence-electron chi connectivity index (χ4n) is 2.03. The van der Waals surface area contributed by atoms with Gasteiger partial charge in [0.15, 0.2) is 0 Å². The van der Waals surface area contributed by atoms with Crippen molar-refractivity contribution < 1.29 is 5.11 Å². The molecule has 1 nitrogen and oxygen atoms in total. The van der Waals surface area contributed by atoms with E-state index >= 15 is 0 Å². The molecule has 0 aliphatic heterocycles. The van der Waals surface area contributed by atoms with Gasteiger partial charge in [0, 0.05) is 6.61 Å². The molecule has 1 aliphatic carbocycles. The zero-order chi connectivity index (χ0) is 8.48. The predicted octanol–water partition coefficient (Wildman–Crippen LogP) is 2.44. The number of aliphatic hydroxyl groups is 1. The van der Waals surface area contributed by atoms with Gasteiger partial charge in [-0.1, -0.05) is 20.8 Å². The summed E-state index contributed by atoms with van der Waals surface area (Å²) in [5.74, 6) is 1.43. The summed E-state index contributed by atoms with van der Waals surface area (Å²) in [5.41, 5.74) is 0.448. The van der Waals surface area contributed by atoms with Crippen LogP contribution in [0, 0.1) is 17.3 Å². The van der Waals surface area contributed by atoms with Crippen molar-refractivity contribution in [2.75, 3.05) is 6.61 Å². The maximum atomic E-state index is 8.95. The quantitative estimate of drug-likeness (QED) is 0.618.